The molecule has 1 amide bonds. The zero-order valence-electron chi connectivity index (χ0n) is 36.6. The van der Waals surface area contributed by atoms with Gasteiger partial charge in [-0.15, -0.1) is 0 Å². The first-order valence-corrected chi connectivity index (χ1v) is 21.6. The highest BCUT2D eigenvalue weighted by atomic mass is 31.2. The van der Waals surface area contributed by atoms with Gasteiger partial charge in [-0.05, 0) is 68.7 Å². The van der Waals surface area contributed by atoms with Gasteiger partial charge in [-0.2, -0.15) is 5.26 Å². The molecular weight excluding hydrogens is 817 g/mol. The number of rotatable bonds is 23. The largest absolute Gasteiger partial charge is 0.497 e. The molecule has 5 rings (SSSR count). The number of hydrogen-bond donors (Lipinski definition) is 2. The van der Waals surface area contributed by atoms with Gasteiger partial charge in [0, 0.05) is 32.4 Å². The molecule has 0 spiro atoms. The fourth-order valence-corrected chi connectivity index (χ4v) is 9.22. The summed E-state index contributed by atoms with van der Waals surface area (Å²) >= 11 is 0. The Morgan fingerprint density at radius 3 is 2.02 bits per heavy atom. The Balaban J connectivity index is 1.71. The molecule has 17 heteroatoms. The number of nitriles is 1. The molecule has 1 aliphatic heterocycles. The normalized spacial score (nSPS) is 18.2. The summed E-state index contributed by atoms with van der Waals surface area (Å²) in [6.45, 7) is 8.02. The molecular formula is C45H58N5O11P. The number of nitrogens with one attached hydrogen (secondary N) is 2. The maximum atomic E-state index is 13.8. The minimum Gasteiger partial charge on any atom is -0.497 e. The molecule has 16 nitrogen and oxygen atoms in total. The molecule has 1 aliphatic rings. The Hall–Kier alpha value is -4.95. The van der Waals surface area contributed by atoms with Gasteiger partial charge in [-0.25, -0.2) is 9.46 Å². The van der Waals surface area contributed by atoms with Crippen LogP contribution in [0.1, 0.15) is 62.5 Å². The van der Waals surface area contributed by atoms with Gasteiger partial charge < -0.3 is 42.8 Å². The molecule has 4 aromatic rings. The SMILES string of the molecule is CNC(=O)Cn1cc([C@@H]2O[C@H](COC(c3ccccc3)(c3ccc(OC)cc3)c3ccc(OC)cc3)[C@@H](OP(OCCC#N)N(C(C)C)C(C)C)[C@H]2OCCOC)c(=O)[nH]c1=O. The number of amides is 1. The number of aromatic nitrogens is 2. The van der Waals surface area contributed by atoms with E-state index in [1.54, 1.807) is 21.3 Å². The van der Waals surface area contributed by atoms with Crippen LogP contribution in [0.3, 0.4) is 0 Å². The highest BCUT2D eigenvalue weighted by Crippen LogP contribution is 2.52. The number of aromatic amines is 1. The fourth-order valence-electron chi connectivity index (χ4n) is 7.45. The van der Waals surface area contributed by atoms with Gasteiger partial charge in [0.2, 0.25) is 5.91 Å². The monoisotopic (exact) mass is 875 g/mol. The van der Waals surface area contributed by atoms with Crippen molar-refractivity contribution in [2.45, 2.75) is 82.8 Å². The van der Waals surface area contributed by atoms with Gasteiger partial charge in [0.25, 0.3) is 14.1 Å². The number of benzene rings is 3. The molecule has 1 fully saturated rings. The first-order chi connectivity index (χ1) is 29.9. The summed E-state index contributed by atoms with van der Waals surface area (Å²) in [4.78, 5) is 41.6. The number of carbonyl (C=O) groups is 1. The summed E-state index contributed by atoms with van der Waals surface area (Å²) in [6, 6.07) is 27.1. The third-order valence-electron chi connectivity index (χ3n) is 10.4. The van der Waals surface area contributed by atoms with Crippen LogP contribution >= 0.6 is 8.53 Å². The summed E-state index contributed by atoms with van der Waals surface area (Å²) in [5, 5.41) is 12.0. The van der Waals surface area contributed by atoms with Crippen LogP contribution in [-0.2, 0) is 44.9 Å². The predicted octanol–water partition coefficient (Wildman–Crippen LogP) is 5.44. The molecule has 1 aromatic heterocycles. The van der Waals surface area contributed by atoms with Crippen LogP contribution in [0.2, 0.25) is 0 Å². The van der Waals surface area contributed by atoms with E-state index in [-0.39, 0.29) is 57.0 Å². The first kappa shape index (κ1) is 48.1. The minimum atomic E-state index is -1.89. The third kappa shape index (κ3) is 11.3. The van der Waals surface area contributed by atoms with E-state index in [0.717, 1.165) is 21.3 Å². The second-order valence-electron chi connectivity index (χ2n) is 15.0. The Kier molecular flexibility index (Phi) is 17.8. The zero-order valence-corrected chi connectivity index (χ0v) is 37.5. The molecule has 0 radical (unpaired) electrons. The molecule has 334 valence electrons. The van der Waals surface area contributed by atoms with Gasteiger partial charge in [0.1, 0.15) is 48.1 Å². The van der Waals surface area contributed by atoms with Gasteiger partial charge >= 0.3 is 5.69 Å². The maximum absolute atomic E-state index is 13.8. The number of ether oxygens (including phenoxy) is 6. The van der Waals surface area contributed by atoms with E-state index in [4.69, 9.17) is 37.5 Å². The fraction of sp³-hybridized carbons (Fsp3) is 0.467. The smallest absolute Gasteiger partial charge is 0.328 e. The molecule has 2 heterocycles. The molecule has 0 saturated carbocycles. The van der Waals surface area contributed by atoms with Crippen molar-refractivity contribution in [2.75, 3.05) is 54.8 Å². The van der Waals surface area contributed by atoms with E-state index in [1.165, 1.54) is 13.2 Å². The van der Waals surface area contributed by atoms with Crippen LogP contribution in [0.4, 0.5) is 0 Å². The van der Waals surface area contributed by atoms with E-state index in [2.05, 4.69) is 21.0 Å². The van der Waals surface area contributed by atoms with Crippen LogP contribution in [0, 0.1) is 11.3 Å². The quantitative estimate of drug-likeness (QED) is 0.0546. The van der Waals surface area contributed by atoms with Gasteiger partial charge in [0.15, 0.2) is 0 Å². The minimum absolute atomic E-state index is 0.0333. The molecule has 1 unspecified atom stereocenters. The molecule has 2 N–H and O–H groups in total. The topological polar surface area (TPSA) is 185 Å². The Labute approximate surface area is 363 Å². The Morgan fingerprint density at radius 2 is 1.48 bits per heavy atom. The summed E-state index contributed by atoms with van der Waals surface area (Å²) in [6.07, 6.45) is -2.61. The Bertz CT molecular complexity index is 2120. The van der Waals surface area contributed by atoms with E-state index >= 15 is 0 Å². The summed E-state index contributed by atoms with van der Waals surface area (Å²) in [5.41, 5.74) is -0.350. The molecule has 3 aromatic carbocycles. The highest BCUT2D eigenvalue weighted by Gasteiger charge is 2.52. The van der Waals surface area contributed by atoms with Crippen LogP contribution in [0.15, 0.2) is 94.6 Å². The van der Waals surface area contributed by atoms with Crippen LogP contribution < -0.4 is 26.0 Å². The lowest BCUT2D eigenvalue weighted by Crippen LogP contribution is -2.43. The number of likely N-dealkylation sites (N-methyl/N-ethyl adjacent to an activating group) is 1. The second-order valence-corrected chi connectivity index (χ2v) is 16.4. The third-order valence-corrected chi connectivity index (χ3v) is 12.5. The van der Waals surface area contributed by atoms with Crippen LogP contribution in [-0.4, -0.2) is 105 Å². The number of H-pyrrole nitrogens is 1. The zero-order chi connectivity index (χ0) is 44.8. The maximum Gasteiger partial charge on any atom is 0.328 e. The van der Waals surface area contributed by atoms with Crippen molar-refractivity contribution < 1.29 is 42.3 Å². The van der Waals surface area contributed by atoms with Gasteiger partial charge in [0.05, 0.1) is 58.7 Å². The van der Waals surface area contributed by atoms with E-state index in [1.807, 2.05) is 107 Å². The molecule has 62 heavy (non-hydrogen) atoms. The second kappa shape index (κ2) is 22.9. The van der Waals surface area contributed by atoms with Crippen LogP contribution in [0.5, 0.6) is 11.5 Å². The first-order valence-electron chi connectivity index (χ1n) is 20.5. The lowest BCUT2D eigenvalue weighted by Gasteiger charge is -2.39. The lowest BCUT2D eigenvalue weighted by molar-refractivity contribution is -0.121. The van der Waals surface area contributed by atoms with Gasteiger partial charge in [-0.1, -0.05) is 54.6 Å². The van der Waals surface area contributed by atoms with Crippen molar-refractivity contribution in [2.24, 2.45) is 0 Å². The number of methoxy groups -OCH3 is 3. The van der Waals surface area contributed by atoms with Crippen molar-refractivity contribution in [3.8, 4) is 17.6 Å². The summed E-state index contributed by atoms with van der Waals surface area (Å²) in [7, 11) is 4.32. The molecule has 1 saturated heterocycles. The van der Waals surface area contributed by atoms with E-state index in [0.29, 0.717) is 11.5 Å². The average Bonchev–Trinajstić information content (AvgIpc) is 3.61. The molecule has 0 aliphatic carbocycles. The highest BCUT2D eigenvalue weighted by molar-refractivity contribution is 7.44. The number of nitrogens with zero attached hydrogens (tertiary/aromatic N) is 3. The number of hydrogen-bond acceptors (Lipinski definition) is 13. The van der Waals surface area contributed by atoms with Crippen molar-refractivity contribution in [3.63, 3.8) is 0 Å². The van der Waals surface area contributed by atoms with E-state index < -0.39 is 55.7 Å². The number of carbonyl (C=O) groups excluding carboxylic acids is 1. The lowest BCUT2D eigenvalue weighted by atomic mass is 9.80. The molecule has 5 atom stereocenters. The van der Waals surface area contributed by atoms with Crippen LogP contribution in [0.25, 0.3) is 0 Å². The molecule has 0 bridgehead atoms. The summed E-state index contributed by atoms with van der Waals surface area (Å²) < 4.78 is 53.9. The predicted molar refractivity (Wildman–Crippen MR) is 233 cm³/mol. The standard InChI is InChI=1S/C45H58N5O11P/c1-30(2)50(31(3)4)62(59-24-12-23-46)61-41-38(60-40(42(41)57-26-25-54-6)37-27-49(28-39(51)47-5)44(53)48-43(37)52)29-58-45(32-13-10-9-11-14-32,33-15-19-35(55-7)20-16-33)34-17-21-36(56-8)22-18-34/h9-11,13-22,27,30-31,38,40-42H,12,24-26,28-29H2,1-8H3,(H,47,51)(H,48,52,53)/t38-,40+,41-,42+,62?/m1/s1. The van der Waals surface area contributed by atoms with Crippen molar-refractivity contribution in [1.82, 2.24) is 19.5 Å². The summed E-state index contributed by atoms with van der Waals surface area (Å²) in [5.74, 6) is 0.865. The average molecular weight is 876 g/mol. The van der Waals surface area contributed by atoms with Gasteiger partial charge in [-0.3, -0.25) is 19.1 Å². The van der Waals surface area contributed by atoms with Crippen molar-refractivity contribution in [1.29, 1.82) is 5.26 Å². The van der Waals surface area contributed by atoms with E-state index in [9.17, 15) is 19.6 Å². The van der Waals surface area contributed by atoms with Crippen molar-refractivity contribution in [3.05, 3.63) is 128 Å². The van der Waals surface area contributed by atoms with Crippen molar-refractivity contribution >= 4 is 14.4 Å². The Morgan fingerprint density at radius 1 is 0.887 bits per heavy atom.